The zero-order chi connectivity index (χ0) is 11.6. The molecule has 0 saturated heterocycles. The summed E-state index contributed by atoms with van der Waals surface area (Å²) in [4.78, 5) is 10.9. The van der Waals surface area contributed by atoms with Crippen molar-refractivity contribution in [3.63, 3.8) is 0 Å². The van der Waals surface area contributed by atoms with E-state index < -0.39 is 15.0 Å². The van der Waals surface area contributed by atoms with Gasteiger partial charge in [-0.15, -0.1) is 11.3 Å². The van der Waals surface area contributed by atoms with Crippen LogP contribution in [0.25, 0.3) is 0 Å². The van der Waals surface area contributed by atoms with E-state index in [1.807, 2.05) is 0 Å². The Labute approximate surface area is 100 Å². The molecule has 0 aromatic carbocycles. The highest BCUT2D eigenvalue weighted by Crippen LogP contribution is 2.34. The minimum atomic E-state index is -4.03. The second kappa shape index (κ2) is 4.69. The highest BCUT2D eigenvalue weighted by Gasteiger charge is 2.27. The summed E-state index contributed by atoms with van der Waals surface area (Å²) in [6, 6.07) is 0. The van der Waals surface area contributed by atoms with E-state index in [0.717, 1.165) is 11.3 Å². The molecule has 1 heterocycles. The molecule has 4 nitrogen and oxygen atoms in total. The van der Waals surface area contributed by atoms with Crippen LogP contribution in [-0.2, 0) is 13.8 Å². The largest absolute Gasteiger partial charge is 0.462 e. The fourth-order valence-corrected chi connectivity index (χ4v) is 4.07. The minimum Gasteiger partial charge on any atom is -0.462 e. The molecule has 0 aliphatic carbocycles. The topological polar surface area (TPSA) is 60.4 Å². The Morgan fingerprint density at radius 2 is 2.20 bits per heavy atom. The van der Waals surface area contributed by atoms with Crippen LogP contribution in [-0.4, -0.2) is 21.0 Å². The van der Waals surface area contributed by atoms with Gasteiger partial charge in [-0.1, -0.05) is 11.6 Å². The number of carbonyl (C=O) groups is 1. The Bertz CT molecular complexity index is 477. The Morgan fingerprint density at radius 3 is 2.67 bits per heavy atom. The van der Waals surface area contributed by atoms with Gasteiger partial charge in [0.2, 0.25) is 0 Å². The van der Waals surface area contributed by atoms with Gasteiger partial charge in [0.05, 0.1) is 11.6 Å². The number of thiophene rings is 1. The van der Waals surface area contributed by atoms with Crippen molar-refractivity contribution in [2.45, 2.75) is 11.8 Å². The summed E-state index contributed by atoms with van der Waals surface area (Å²) < 4.78 is 26.9. The summed E-state index contributed by atoms with van der Waals surface area (Å²) in [5, 5.41) is 1.25. The van der Waals surface area contributed by atoms with Crippen molar-refractivity contribution < 1.29 is 17.9 Å². The molecule has 0 fully saturated rings. The molecule has 8 heteroatoms. The van der Waals surface area contributed by atoms with Gasteiger partial charge in [-0.2, -0.15) is 0 Å². The molecule has 0 bridgehead atoms. The molecule has 0 unspecified atom stereocenters. The van der Waals surface area contributed by atoms with Crippen molar-refractivity contribution in [1.82, 2.24) is 0 Å². The zero-order valence-corrected chi connectivity index (χ0v) is 10.6. The maximum Gasteiger partial charge on any atom is 0.349 e. The lowest BCUT2D eigenvalue weighted by atomic mass is 10.5. The molecule has 1 rings (SSSR count). The molecule has 0 amide bonds. The zero-order valence-electron chi connectivity index (χ0n) is 7.49. The first-order chi connectivity index (χ1) is 6.88. The van der Waals surface area contributed by atoms with Crippen LogP contribution >= 0.6 is 33.6 Å². The molecule has 0 aliphatic heterocycles. The Morgan fingerprint density at radius 1 is 1.60 bits per heavy atom. The van der Waals surface area contributed by atoms with E-state index in [1.165, 1.54) is 5.38 Å². The average Bonchev–Trinajstić information content (AvgIpc) is 2.46. The third kappa shape index (κ3) is 2.84. The van der Waals surface area contributed by atoms with Crippen LogP contribution < -0.4 is 0 Å². The fraction of sp³-hybridized carbons (Fsp3) is 0.286. The van der Waals surface area contributed by atoms with Crippen LogP contribution in [0.15, 0.2) is 10.3 Å². The van der Waals surface area contributed by atoms with Crippen molar-refractivity contribution in [3.8, 4) is 0 Å². The maximum atomic E-state index is 11.3. The predicted molar refractivity (Wildman–Crippen MR) is 58.3 cm³/mol. The highest BCUT2D eigenvalue weighted by molar-refractivity contribution is 8.14. The van der Waals surface area contributed by atoms with Crippen LogP contribution in [0.1, 0.15) is 16.6 Å². The first-order valence-corrected chi connectivity index (χ1v) is 7.33. The standard InChI is InChI=1S/C7H6Cl2O4S2/c1-2-13-7(10)5-6(15(9,11)12)4(8)3-14-5/h3H,2H2,1H3. The Balaban J connectivity index is 3.27. The lowest BCUT2D eigenvalue weighted by molar-refractivity contribution is 0.0528. The number of rotatable bonds is 3. The number of ether oxygens (including phenoxy) is 1. The predicted octanol–water partition coefficient (Wildman–Crippen LogP) is 2.51. The molecule has 0 atom stereocenters. The molecule has 1 aromatic heterocycles. The van der Waals surface area contributed by atoms with Crippen molar-refractivity contribution in [2.24, 2.45) is 0 Å². The molecular formula is C7H6Cl2O4S2. The van der Waals surface area contributed by atoms with Gasteiger partial charge in [0.1, 0.15) is 9.77 Å². The number of carbonyl (C=O) groups excluding carboxylic acids is 1. The molecule has 1 aromatic rings. The monoisotopic (exact) mass is 288 g/mol. The van der Waals surface area contributed by atoms with E-state index in [1.54, 1.807) is 6.92 Å². The van der Waals surface area contributed by atoms with Gasteiger partial charge in [-0.05, 0) is 6.92 Å². The van der Waals surface area contributed by atoms with Gasteiger partial charge in [-0.3, -0.25) is 0 Å². The van der Waals surface area contributed by atoms with Gasteiger partial charge in [-0.25, -0.2) is 13.2 Å². The fourth-order valence-electron chi connectivity index (χ4n) is 0.891. The lowest BCUT2D eigenvalue weighted by Crippen LogP contribution is -2.06. The molecule has 0 aliphatic rings. The van der Waals surface area contributed by atoms with Crippen LogP contribution in [0, 0.1) is 0 Å². The molecule has 0 saturated carbocycles. The van der Waals surface area contributed by atoms with E-state index in [-0.39, 0.29) is 21.4 Å². The SMILES string of the molecule is CCOC(=O)c1scc(Cl)c1S(=O)(=O)Cl. The van der Waals surface area contributed by atoms with Gasteiger partial charge >= 0.3 is 5.97 Å². The Kier molecular flexibility index (Phi) is 3.99. The first kappa shape index (κ1) is 12.8. The van der Waals surface area contributed by atoms with E-state index in [9.17, 15) is 13.2 Å². The van der Waals surface area contributed by atoms with Crippen LogP contribution in [0.3, 0.4) is 0 Å². The lowest BCUT2D eigenvalue weighted by Gasteiger charge is -2.00. The van der Waals surface area contributed by atoms with Gasteiger partial charge in [0.25, 0.3) is 9.05 Å². The third-order valence-corrected chi connectivity index (χ3v) is 4.41. The molecular weight excluding hydrogens is 283 g/mol. The summed E-state index contributed by atoms with van der Waals surface area (Å²) in [6.07, 6.45) is 0. The van der Waals surface area contributed by atoms with Gasteiger partial charge < -0.3 is 4.74 Å². The number of halogens is 2. The summed E-state index contributed by atoms with van der Waals surface area (Å²) in [7, 11) is 1.11. The maximum absolute atomic E-state index is 11.3. The van der Waals surface area contributed by atoms with E-state index >= 15 is 0 Å². The molecule has 15 heavy (non-hydrogen) atoms. The summed E-state index contributed by atoms with van der Waals surface area (Å²) in [6.45, 7) is 1.76. The van der Waals surface area contributed by atoms with E-state index in [4.69, 9.17) is 22.3 Å². The molecule has 84 valence electrons. The second-order valence-electron chi connectivity index (χ2n) is 2.40. The average molecular weight is 289 g/mol. The van der Waals surface area contributed by atoms with Crippen molar-refractivity contribution in [2.75, 3.05) is 6.61 Å². The van der Waals surface area contributed by atoms with Gasteiger partial charge in [0.15, 0.2) is 0 Å². The van der Waals surface area contributed by atoms with Crippen molar-refractivity contribution in [1.29, 1.82) is 0 Å². The minimum absolute atomic E-state index is 0.0712. The molecule has 0 N–H and O–H groups in total. The summed E-state index contributed by atoms with van der Waals surface area (Å²) >= 11 is 6.49. The normalized spacial score (nSPS) is 11.4. The van der Waals surface area contributed by atoms with Crippen molar-refractivity contribution >= 4 is 48.6 Å². The van der Waals surface area contributed by atoms with Crippen molar-refractivity contribution in [3.05, 3.63) is 15.3 Å². The highest BCUT2D eigenvalue weighted by atomic mass is 35.7. The van der Waals surface area contributed by atoms with E-state index in [0.29, 0.717) is 0 Å². The number of esters is 1. The van der Waals surface area contributed by atoms with Gasteiger partial charge in [0, 0.05) is 16.1 Å². The first-order valence-electron chi connectivity index (χ1n) is 3.76. The number of hydrogen-bond acceptors (Lipinski definition) is 5. The van der Waals surface area contributed by atoms with E-state index in [2.05, 4.69) is 4.74 Å². The molecule has 0 spiro atoms. The van der Waals surface area contributed by atoms with Crippen LogP contribution in [0.2, 0.25) is 5.02 Å². The summed E-state index contributed by atoms with van der Waals surface area (Å²) in [5.41, 5.74) is 0. The van der Waals surface area contributed by atoms with Crippen LogP contribution in [0.5, 0.6) is 0 Å². The second-order valence-corrected chi connectivity index (χ2v) is 6.19. The summed E-state index contributed by atoms with van der Waals surface area (Å²) in [5.74, 6) is -0.742. The molecule has 0 radical (unpaired) electrons. The Hall–Kier alpha value is -0.300. The smallest absolute Gasteiger partial charge is 0.349 e. The quantitative estimate of drug-likeness (QED) is 0.633. The van der Waals surface area contributed by atoms with Crippen LogP contribution in [0.4, 0.5) is 0 Å². The number of hydrogen-bond donors (Lipinski definition) is 0. The third-order valence-electron chi connectivity index (χ3n) is 1.41.